The van der Waals surface area contributed by atoms with Crippen LogP contribution in [-0.4, -0.2) is 20.1 Å². The summed E-state index contributed by atoms with van der Waals surface area (Å²) in [4.78, 5) is 12.2. The highest BCUT2D eigenvalue weighted by Crippen LogP contribution is 2.27. The number of benzene rings is 2. The molecule has 0 saturated carbocycles. The molecule has 0 fully saturated rings. The number of carbonyl (C=O) groups is 1. The maximum atomic E-state index is 14.1. The summed E-state index contributed by atoms with van der Waals surface area (Å²) in [5.74, 6) is -2.39. The first-order valence-corrected chi connectivity index (χ1v) is 6.94. The molecule has 0 radical (unpaired) electrons. The lowest BCUT2D eigenvalue weighted by atomic mass is 10.1. The summed E-state index contributed by atoms with van der Waals surface area (Å²) in [6, 6.07) is 11.2. The van der Waals surface area contributed by atoms with Gasteiger partial charge < -0.3 is 14.8 Å². The molecule has 0 aliphatic carbocycles. The van der Waals surface area contributed by atoms with Crippen LogP contribution in [0.4, 0.5) is 8.78 Å². The van der Waals surface area contributed by atoms with Crippen molar-refractivity contribution in [3.05, 3.63) is 65.2 Å². The fourth-order valence-corrected chi connectivity index (χ4v) is 2.16. The van der Waals surface area contributed by atoms with Gasteiger partial charge in [0.15, 0.2) is 6.10 Å². The van der Waals surface area contributed by atoms with E-state index in [2.05, 4.69) is 5.32 Å². The first-order valence-electron chi connectivity index (χ1n) is 6.94. The summed E-state index contributed by atoms with van der Waals surface area (Å²) in [7, 11) is 2.52. The summed E-state index contributed by atoms with van der Waals surface area (Å²) in [6.07, 6.45) is -1.38. The van der Waals surface area contributed by atoms with Gasteiger partial charge in [0.05, 0.1) is 12.7 Å². The minimum atomic E-state index is -1.38. The predicted octanol–water partition coefficient (Wildman–Crippen LogP) is 2.98. The SMILES string of the molecule is COc1cc(F)c(C(OC)C(=O)NCc2ccccc2)c(F)c1. The molecule has 0 spiro atoms. The number of hydrogen-bond donors (Lipinski definition) is 1. The molecule has 1 unspecified atom stereocenters. The molecule has 2 rings (SSSR count). The molecular weight excluding hydrogens is 304 g/mol. The fraction of sp³-hybridized carbons (Fsp3) is 0.235. The van der Waals surface area contributed by atoms with E-state index >= 15 is 0 Å². The number of nitrogens with one attached hydrogen (secondary N) is 1. The van der Waals surface area contributed by atoms with Gasteiger partial charge in [-0.05, 0) is 5.56 Å². The summed E-state index contributed by atoms with van der Waals surface area (Å²) in [5.41, 5.74) is 0.422. The zero-order valence-corrected chi connectivity index (χ0v) is 12.8. The van der Waals surface area contributed by atoms with Crippen LogP contribution in [0.3, 0.4) is 0 Å². The molecule has 122 valence electrons. The van der Waals surface area contributed by atoms with Crippen LogP contribution in [0.2, 0.25) is 0 Å². The normalized spacial score (nSPS) is 11.8. The number of rotatable bonds is 6. The van der Waals surface area contributed by atoms with Gasteiger partial charge in [-0.2, -0.15) is 0 Å². The van der Waals surface area contributed by atoms with Gasteiger partial charge in [-0.1, -0.05) is 30.3 Å². The standard InChI is InChI=1S/C17H17F2NO3/c1-22-12-8-13(18)15(14(19)9-12)16(23-2)17(21)20-10-11-6-4-3-5-7-11/h3-9,16H,10H2,1-2H3,(H,20,21). The van der Waals surface area contributed by atoms with Crippen molar-refractivity contribution in [1.29, 1.82) is 0 Å². The van der Waals surface area contributed by atoms with Crippen LogP contribution < -0.4 is 10.1 Å². The molecule has 0 saturated heterocycles. The second kappa shape index (κ2) is 7.69. The Morgan fingerprint density at radius 2 is 1.74 bits per heavy atom. The lowest BCUT2D eigenvalue weighted by Crippen LogP contribution is -2.31. The van der Waals surface area contributed by atoms with Crippen LogP contribution in [0, 0.1) is 11.6 Å². The minimum absolute atomic E-state index is 0.0308. The average Bonchev–Trinajstić information content (AvgIpc) is 2.56. The van der Waals surface area contributed by atoms with E-state index in [9.17, 15) is 13.6 Å². The van der Waals surface area contributed by atoms with E-state index < -0.39 is 29.2 Å². The van der Waals surface area contributed by atoms with E-state index in [0.29, 0.717) is 0 Å². The predicted molar refractivity (Wildman–Crippen MR) is 80.9 cm³/mol. The number of hydrogen-bond acceptors (Lipinski definition) is 3. The zero-order chi connectivity index (χ0) is 16.8. The molecule has 2 aromatic rings. The third kappa shape index (κ3) is 4.04. The maximum Gasteiger partial charge on any atom is 0.254 e. The van der Waals surface area contributed by atoms with Crippen molar-refractivity contribution in [3.8, 4) is 5.75 Å². The number of carbonyl (C=O) groups excluding carboxylic acids is 1. The number of methoxy groups -OCH3 is 2. The van der Waals surface area contributed by atoms with Gasteiger partial charge in [-0.3, -0.25) is 4.79 Å². The minimum Gasteiger partial charge on any atom is -0.497 e. The molecule has 1 atom stereocenters. The number of halogens is 2. The Hall–Kier alpha value is -2.47. The van der Waals surface area contributed by atoms with Crippen molar-refractivity contribution in [2.45, 2.75) is 12.6 Å². The van der Waals surface area contributed by atoms with Crippen LogP contribution in [0.15, 0.2) is 42.5 Å². The van der Waals surface area contributed by atoms with Crippen LogP contribution >= 0.6 is 0 Å². The number of amides is 1. The van der Waals surface area contributed by atoms with E-state index in [1.165, 1.54) is 14.2 Å². The fourth-order valence-electron chi connectivity index (χ4n) is 2.16. The van der Waals surface area contributed by atoms with Crippen LogP contribution in [0.1, 0.15) is 17.2 Å². The van der Waals surface area contributed by atoms with Gasteiger partial charge in [0.1, 0.15) is 17.4 Å². The second-order valence-electron chi connectivity index (χ2n) is 4.82. The van der Waals surface area contributed by atoms with Gasteiger partial charge in [0, 0.05) is 25.8 Å². The molecule has 0 aromatic heterocycles. The Labute approximate surface area is 133 Å². The van der Waals surface area contributed by atoms with E-state index in [4.69, 9.17) is 9.47 Å². The highest BCUT2D eigenvalue weighted by molar-refractivity contribution is 5.82. The molecule has 6 heteroatoms. The third-order valence-electron chi connectivity index (χ3n) is 3.33. The highest BCUT2D eigenvalue weighted by atomic mass is 19.1. The smallest absolute Gasteiger partial charge is 0.254 e. The van der Waals surface area contributed by atoms with Gasteiger partial charge in [-0.15, -0.1) is 0 Å². The summed E-state index contributed by atoms with van der Waals surface area (Å²) < 4.78 is 37.9. The Balaban J connectivity index is 2.17. The average molecular weight is 321 g/mol. The Morgan fingerprint density at radius 3 is 2.26 bits per heavy atom. The van der Waals surface area contributed by atoms with E-state index in [-0.39, 0.29) is 12.3 Å². The van der Waals surface area contributed by atoms with Crippen LogP contribution in [0.25, 0.3) is 0 Å². The van der Waals surface area contributed by atoms with Crippen molar-refractivity contribution < 1.29 is 23.0 Å². The van der Waals surface area contributed by atoms with Crippen molar-refractivity contribution in [2.75, 3.05) is 14.2 Å². The largest absolute Gasteiger partial charge is 0.497 e. The Bertz CT molecular complexity index is 654. The van der Waals surface area contributed by atoms with Crippen LogP contribution in [0.5, 0.6) is 5.75 Å². The molecule has 0 bridgehead atoms. The van der Waals surface area contributed by atoms with Gasteiger partial charge in [-0.25, -0.2) is 8.78 Å². The summed E-state index contributed by atoms with van der Waals surface area (Å²) in [5, 5.41) is 2.60. The number of ether oxygens (including phenoxy) is 2. The Morgan fingerprint density at radius 1 is 1.13 bits per heavy atom. The molecular formula is C17H17F2NO3. The van der Waals surface area contributed by atoms with E-state index in [0.717, 1.165) is 17.7 Å². The molecule has 0 aliphatic rings. The molecule has 1 amide bonds. The molecule has 0 heterocycles. The third-order valence-corrected chi connectivity index (χ3v) is 3.33. The van der Waals surface area contributed by atoms with Gasteiger partial charge in [0.25, 0.3) is 5.91 Å². The monoisotopic (exact) mass is 321 g/mol. The van der Waals surface area contributed by atoms with E-state index in [1.807, 2.05) is 30.3 Å². The maximum absolute atomic E-state index is 14.1. The van der Waals surface area contributed by atoms with Crippen molar-refractivity contribution >= 4 is 5.91 Å². The molecule has 4 nitrogen and oxygen atoms in total. The zero-order valence-electron chi connectivity index (χ0n) is 12.8. The first kappa shape index (κ1) is 16.9. The lowest BCUT2D eigenvalue weighted by molar-refractivity contribution is -0.131. The van der Waals surface area contributed by atoms with Crippen molar-refractivity contribution in [2.24, 2.45) is 0 Å². The lowest BCUT2D eigenvalue weighted by Gasteiger charge is -2.17. The highest BCUT2D eigenvalue weighted by Gasteiger charge is 2.27. The molecule has 23 heavy (non-hydrogen) atoms. The van der Waals surface area contributed by atoms with Crippen LogP contribution in [-0.2, 0) is 16.1 Å². The van der Waals surface area contributed by atoms with Crippen molar-refractivity contribution in [1.82, 2.24) is 5.32 Å². The van der Waals surface area contributed by atoms with Crippen molar-refractivity contribution in [3.63, 3.8) is 0 Å². The first-order chi connectivity index (χ1) is 11.1. The van der Waals surface area contributed by atoms with E-state index in [1.54, 1.807) is 0 Å². The summed E-state index contributed by atoms with van der Waals surface area (Å²) in [6.45, 7) is 0.235. The molecule has 2 aromatic carbocycles. The molecule has 1 N–H and O–H groups in total. The molecule has 0 aliphatic heterocycles. The summed E-state index contributed by atoms with van der Waals surface area (Å²) >= 11 is 0. The Kier molecular flexibility index (Phi) is 5.65. The topological polar surface area (TPSA) is 47.6 Å². The second-order valence-corrected chi connectivity index (χ2v) is 4.82. The van der Waals surface area contributed by atoms with Gasteiger partial charge >= 0.3 is 0 Å². The quantitative estimate of drug-likeness (QED) is 0.890. The van der Waals surface area contributed by atoms with Gasteiger partial charge in [0.2, 0.25) is 0 Å².